The van der Waals surface area contributed by atoms with Gasteiger partial charge in [-0.1, -0.05) is 0 Å². The maximum absolute atomic E-state index is 10.4. The molecule has 0 aliphatic heterocycles. The van der Waals surface area contributed by atoms with Gasteiger partial charge in [-0.15, -0.1) is 0 Å². The molecule has 0 aromatic carbocycles. The van der Waals surface area contributed by atoms with Gasteiger partial charge in [0.2, 0.25) is 0 Å². The summed E-state index contributed by atoms with van der Waals surface area (Å²) in [6, 6.07) is 3.48. The summed E-state index contributed by atoms with van der Waals surface area (Å²) in [6.45, 7) is 0. The second kappa shape index (κ2) is 3.91. The fourth-order valence-electron chi connectivity index (χ4n) is 1.15. The first kappa shape index (κ1) is 9.39. The van der Waals surface area contributed by atoms with E-state index in [1.807, 2.05) is 0 Å². The van der Waals surface area contributed by atoms with Gasteiger partial charge in [0.25, 0.3) is 0 Å². The average Bonchev–Trinajstić information content (AvgIpc) is 2.71. The lowest BCUT2D eigenvalue weighted by Crippen LogP contribution is -2.01. The van der Waals surface area contributed by atoms with Crippen molar-refractivity contribution in [3.05, 3.63) is 36.4 Å². The molecule has 0 radical (unpaired) electrons. The van der Waals surface area contributed by atoms with Crippen LogP contribution in [0, 0.1) is 0 Å². The van der Waals surface area contributed by atoms with Crippen molar-refractivity contribution >= 4 is 5.97 Å². The van der Waals surface area contributed by atoms with Crippen LogP contribution >= 0.6 is 0 Å². The van der Waals surface area contributed by atoms with E-state index >= 15 is 0 Å². The fourth-order valence-corrected chi connectivity index (χ4v) is 1.15. The Bertz CT molecular complexity index is 448. The largest absolute Gasteiger partial charge is 0.481 e. The summed E-state index contributed by atoms with van der Waals surface area (Å²) in [4.78, 5) is 18.4. The molecule has 0 spiro atoms. The van der Waals surface area contributed by atoms with Crippen molar-refractivity contribution in [3.8, 4) is 11.6 Å². The Morgan fingerprint density at radius 2 is 2.13 bits per heavy atom. The van der Waals surface area contributed by atoms with E-state index in [0.29, 0.717) is 17.1 Å². The van der Waals surface area contributed by atoms with Crippen molar-refractivity contribution in [2.45, 2.75) is 6.42 Å². The molecule has 0 amide bonds. The molecule has 5 nitrogen and oxygen atoms in total. The van der Waals surface area contributed by atoms with Gasteiger partial charge >= 0.3 is 5.97 Å². The van der Waals surface area contributed by atoms with Gasteiger partial charge in [-0.05, 0) is 17.7 Å². The van der Waals surface area contributed by atoms with Crippen LogP contribution < -0.4 is 0 Å². The van der Waals surface area contributed by atoms with Gasteiger partial charge in [0, 0.05) is 12.4 Å². The minimum absolute atomic E-state index is 0.0710. The lowest BCUT2D eigenvalue weighted by Gasteiger charge is -1.97. The summed E-state index contributed by atoms with van der Waals surface area (Å²) in [6.07, 6.45) is 4.43. The first-order valence-electron chi connectivity index (χ1n) is 4.32. The number of nitrogens with zero attached hydrogens (tertiary/aromatic N) is 2. The molecule has 0 unspecified atom stereocenters. The van der Waals surface area contributed by atoms with Crippen molar-refractivity contribution in [1.82, 2.24) is 9.97 Å². The van der Waals surface area contributed by atoms with E-state index in [2.05, 4.69) is 9.97 Å². The van der Waals surface area contributed by atoms with Crippen molar-refractivity contribution in [3.63, 3.8) is 0 Å². The van der Waals surface area contributed by atoms with E-state index in [1.165, 1.54) is 18.7 Å². The van der Waals surface area contributed by atoms with E-state index in [0.717, 1.165) is 0 Å². The van der Waals surface area contributed by atoms with Crippen LogP contribution in [0.15, 0.2) is 35.2 Å². The van der Waals surface area contributed by atoms with Crippen LogP contribution in [-0.2, 0) is 11.2 Å². The Hall–Kier alpha value is -2.17. The third-order valence-corrected chi connectivity index (χ3v) is 1.80. The number of hydrogen-bond donors (Lipinski definition) is 1. The predicted octanol–water partition coefficient (Wildman–Crippen LogP) is 1.36. The minimum Gasteiger partial charge on any atom is -0.481 e. The number of furan rings is 1. The summed E-state index contributed by atoms with van der Waals surface area (Å²) < 4.78 is 5.10. The van der Waals surface area contributed by atoms with E-state index in [1.54, 1.807) is 12.1 Å². The molecule has 2 aromatic heterocycles. The normalized spacial score (nSPS) is 10.1. The van der Waals surface area contributed by atoms with Gasteiger partial charge in [0.15, 0.2) is 11.6 Å². The van der Waals surface area contributed by atoms with Crippen LogP contribution in [0.1, 0.15) is 5.56 Å². The quantitative estimate of drug-likeness (QED) is 0.816. The van der Waals surface area contributed by atoms with Crippen LogP contribution in [0.2, 0.25) is 0 Å². The zero-order valence-corrected chi connectivity index (χ0v) is 7.75. The molecule has 2 heterocycles. The predicted molar refractivity (Wildman–Crippen MR) is 51.1 cm³/mol. The number of hydrogen-bond acceptors (Lipinski definition) is 4. The minimum atomic E-state index is -0.899. The van der Waals surface area contributed by atoms with Crippen molar-refractivity contribution in [2.24, 2.45) is 0 Å². The smallest absolute Gasteiger partial charge is 0.307 e. The lowest BCUT2D eigenvalue weighted by molar-refractivity contribution is -0.136. The maximum atomic E-state index is 10.4. The number of carboxylic acid groups (broad SMARTS) is 1. The Balaban J connectivity index is 2.21. The van der Waals surface area contributed by atoms with Gasteiger partial charge in [-0.2, -0.15) is 0 Å². The van der Waals surface area contributed by atoms with Crippen LogP contribution in [0.4, 0.5) is 0 Å². The van der Waals surface area contributed by atoms with Gasteiger partial charge in [-0.25, -0.2) is 9.97 Å². The van der Waals surface area contributed by atoms with Crippen LogP contribution in [0.3, 0.4) is 0 Å². The molecule has 0 aliphatic carbocycles. The lowest BCUT2D eigenvalue weighted by atomic mass is 10.2. The molecule has 0 bridgehead atoms. The molecular weight excluding hydrogens is 196 g/mol. The Morgan fingerprint density at radius 1 is 1.40 bits per heavy atom. The molecule has 76 valence electrons. The number of rotatable bonds is 3. The first-order valence-corrected chi connectivity index (χ1v) is 4.32. The van der Waals surface area contributed by atoms with E-state index in [-0.39, 0.29) is 6.42 Å². The highest BCUT2D eigenvalue weighted by molar-refractivity contribution is 5.69. The Kier molecular flexibility index (Phi) is 2.45. The molecule has 0 saturated carbocycles. The van der Waals surface area contributed by atoms with Gasteiger partial charge in [0.05, 0.1) is 12.7 Å². The second-order valence-corrected chi connectivity index (χ2v) is 2.96. The number of aromatic nitrogens is 2. The third-order valence-electron chi connectivity index (χ3n) is 1.80. The Morgan fingerprint density at radius 3 is 2.67 bits per heavy atom. The van der Waals surface area contributed by atoms with Crippen LogP contribution in [0.25, 0.3) is 11.6 Å². The summed E-state index contributed by atoms with van der Waals surface area (Å²) in [5.74, 6) is 0.121. The highest BCUT2D eigenvalue weighted by Gasteiger charge is 2.05. The third kappa shape index (κ3) is 2.19. The van der Waals surface area contributed by atoms with Crippen LogP contribution in [0.5, 0.6) is 0 Å². The topological polar surface area (TPSA) is 76.2 Å². The highest BCUT2D eigenvalue weighted by atomic mass is 16.4. The number of aliphatic carboxylic acids is 1. The molecule has 0 aliphatic rings. The molecule has 0 fully saturated rings. The zero-order chi connectivity index (χ0) is 10.7. The zero-order valence-electron chi connectivity index (χ0n) is 7.75. The molecule has 5 heteroatoms. The molecular formula is C10H8N2O3. The van der Waals surface area contributed by atoms with Gasteiger partial charge in [0.1, 0.15) is 0 Å². The summed E-state index contributed by atoms with van der Waals surface area (Å²) in [5.41, 5.74) is 0.567. The molecule has 15 heavy (non-hydrogen) atoms. The molecule has 0 saturated heterocycles. The molecule has 2 rings (SSSR count). The number of carbonyl (C=O) groups is 1. The fraction of sp³-hybridized carbons (Fsp3) is 0.100. The first-order chi connectivity index (χ1) is 7.25. The van der Waals surface area contributed by atoms with Crippen molar-refractivity contribution < 1.29 is 14.3 Å². The Labute approximate surface area is 85.4 Å². The van der Waals surface area contributed by atoms with Gasteiger partial charge in [-0.3, -0.25) is 4.79 Å². The average molecular weight is 204 g/mol. The monoisotopic (exact) mass is 204 g/mol. The SMILES string of the molecule is O=C(O)Cc1cnc(-c2ccco2)nc1. The standard InChI is InChI=1S/C10H8N2O3/c13-9(14)4-7-5-11-10(12-6-7)8-2-1-3-15-8/h1-3,5-6H,4H2,(H,13,14). The molecule has 2 aromatic rings. The van der Waals surface area contributed by atoms with Crippen LogP contribution in [-0.4, -0.2) is 21.0 Å². The molecule has 0 atom stereocenters. The van der Waals surface area contributed by atoms with Crippen molar-refractivity contribution in [2.75, 3.05) is 0 Å². The maximum Gasteiger partial charge on any atom is 0.307 e. The summed E-state index contributed by atoms with van der Waals surface area (Å²) >= 11 is 0. The number of carboxylic acids is 1. The van der Waals surface area contributed by atoms with Gasteiger partial charge < -0.3 is 9.52 Å². The van der Waals surface area contributed by atoms with Crippen molar-refractivity contribution in [1.29, 1.82) is 0 Å². The highest BCUT2D eigenvalue weighted by Crippen LogP contribution is 2.14. The second-order valence-electron chi connectivity index (χ2n) is 2.96. The van der Waals surface area contributed by atoms with E-state index in [4.69, 9.17) is 9.52 Å². The summed E-state index contributed by atoms with van der Waals surface area (Å²) in [5, 5.41) is 8.55. The molecule has 1 N–H and O–H groups in total. The summed E-state index contributed by atoms with van der Waals surface area (Å²) in [7, 11) is 0. The van der Waals surface area contributed by atoms with E-state index in [9.17, 15) is 4.79 Å². The van der Waals surface area contributed by atoms with E-state index < -0.39 is 5.97 Å².